The van der Waals surface area contributed by atoms with Gasteiger partial charge in [0.2, 0.25) is 5.91 Å². The molecule has 0 radical (unpaired) electrons. The van der Waals surface area contributed by atoms with Crippen LogP contribution in [0, 0.1) is 5.92 Å². The number of aliphatic carboxylic acids is 1. The molecule has 1 atom stereocenters. The molecule has 2 N–H and O–H groups in total. The van der Waals surface area contributed by atoms with Crippen LogP contribution in [0.1, 0.15) is 33.6 Å². The summed E-state index contributed by atoms with van der Waals surface area (Å²) in [4.78, 5) is 24.1. The molecule has 1 amide bonds. The highest BCUT2D eigenvalue weighted by Crippen LogP contribution is 2.05. The average molecular weight is 244 g/mol. The molecule has 0 spiro atoms. The van der Waals surface area contributed by atoms with E-state index in [1.807, 2.05) is 20.8 Å². The van der Waals surface area contributed by atoms with Gasteiger partial charge in [-0.15, -0.1) is 0 Å². The minimum Gasteiger partial charge on any atom is -0.480 e. The third kappa shape index (κ3) is 6.94. The maximum atomic E-state index is 11.5. The Morgan fingerprint density at radius 1 is 1.35 bits per heavy atom. The van der Waals surface area contributed by atoms with E-state index < -0.39 is 12.0 Å². The summed E-state index contributed by atoms with van der Waals surface area (Å²) in [6.45, 7) is 6.72. The molecule has 0 bridgehead atoms. The highest BCUT2D eigenvalue weighted by molar-refractivity contribution is 5.79. The molecule has 0 aliphatic carbocycles. The normalized spacial score (nSPS) is 12.8. The van der Waals surface area contributed by atoms with Gasteiger partial charge in [0.05, 0.1) is 6.54 Å². The van der Waals surface area contributed by atoms with Gasteiger partial charge in [0, 0.05) is 6.54 Å². The van der Waals surface area contributed by atoms with Crippen molar-refractivity contribution in [1.29, 1.82) is 0 Å². The maximum Gasteiger partial charge on any atom is 0.320 e. The number of rotatable bonds is 8. The number of likely N-dealkylation sites (N-methyl/N-ethyl adjacent to an activating group) is 1. The second-order valence-corrected chi connectivity index (χ2v) is 4.76. The van der Waals surface area contributed by atoms with Crippen molar-refractivity contribution in [3.8, 4) is 0 Å². The van der Waals surface area contributed by atoms with Crippen LogP contribution in [0.15, 0.2) is 0 Å². The predicted octanol–water partition coefficient (Wildman–Crippen LogP) is 0.944. The number of carbonyl (C=O) groups excluding carboxylic acids is 1. The van der Waals surface area contributed by atoms with Crippen LogP contribution in [-0.4, -0.2) is 48.1 Å². The van der Waals surface area contributed by atoms with Gasteiger partial charge >= 0.3 is 5.97 Å². The van der Waals surface area contributed by atoms with E-state index in [1.54, 1.807) is 11.9 Å². The fourth-order valence-electron chi connectivity index (χ4n) is 1.52. The molecule has 17 heavy (non-hydrogen) atoms. The molecular weight excluding hydrogens is 220 g/mol. The van der Waals surface area contributed by atoms with E-state index in [-0.39, 0.29) is 12.5 Å². The van der Waals surface area contributed by atoms with E-state index in [2.05, 4.69) is 5.32 Å². The van der Waals surface area contributed by atoms with Gasteiger partial charge in [-0.05, 0) is 19.4 Å². The topological polar surface area (TPSA) is 69.6 Å². The van der Waals surface area contributed by atoms with Gasteiger partial charge in [-0.2, -0.15) is 0 Å². The molecule has 0 saturated carbocycles. The Balaban J connectivity index is 4.15. The summed E-state index contributed by atoms with van der Waals surface area (Å²) in [7, 11) is 1.67. The monoisotopic (exact) mass is 244 g/mol. The lowest BCUT2D eigenvalue weighted by molar-refractivity contribution is -0.143. The number of hydrogen-bond donors (Lipinski definition) is 2. The van der Waals surface area contributed by atoms with Gasteiger partial charge < -0.3 is 10.4 Å². The van der Waals surface area contributed by atoms with Crippen molar-refractivity contribution in [3.05, 3.63) is 0 Å². The van der Waals surface area contributed by atoms with Crippen LogP contribution in [0.3, 0.4) is 0 Å². The number of nitrogens with one attached hydrogen (secondary N) is 1. The Labute approximate surface area is 103 Å². The van der Waals surface area contributed by atoms with E-state index in [4.69, 9.17) is 5.11 Å². The molecule has 0 aromatic carbocycles. The molecule has 0 aromatic heterocycles. The third-order valence-electron chi connectivity index (χ3n) is 2.48. The van der Waals surface area contributed by atoms with E-state index >= 15 is 0 Å². The van der Waals surface area contributed by atoms with Crippen molar-refractivity contribution in [3.63, 3.8) is 0 Å². The number of amides is 1. The maximum absolute atomic E-state index is 11.5. The Bertz CT molecular complexity index is 254. The van der Waals surface area contributed by atoms with Crippen LogP contribution in [0.4, 0.5) is 0 Å². The lowest BCUT2D eigenvalue weighted by atomic mass is 10.1. The molecule has 0 aliphatic rings. The summed E-state index contributed by atoms with van der Waals surface area (Å²) in [5.41, 5.74) is 0. The SMILES string of the molecule is CCCC(C(=O)O)N(C)CC(=O)NCC(C)C. The molecule has 0 heterocycles. The number of hydrogen-bond acceptors (Lipinski definition) is 3. The first kappa shape index (κ1) is 15.9. The molecule has 5 heteroatoms. The van der Waals surface area contributed by atoms with E-state index in [1.165, 1.54) is 0 Å². The first-order valence-electron chi connectivity index (χ1n) is 6.08. The zero-order chi connectivity index (χ0) is 13.4. The summed E-state index contributed by atoms with van der Waals surface area (Å²) >= 11 is 0. The second-order valence-electron chi connectivity index (χ2n) is 4.76. The molecule has 0 rings (SSSR count). The Hall–Kier alpha value is -1.10. The molecular formula is C12H24N2O3. The highest BCUT2D eigenvalue weighted by Gasteiger charge is 2.23. The summed E-state index contributed by atoms with van der Waals surface area (Å²) < 4.78 is 0. The fourth-order valence-corrected chi connectivity index (χ4v) is 1.52. The van der Waals surface area contributed by atoms with Crippen molar-refractivity contribution in [1.82, 2.24) is 10.2 Å². The predicted molar refractivity (Wildman–Crippen MR) is 66.8 cm³/mol. The Morgan fingerprint density at radius 3 is 2.35 bits per heavy atom. The number of carbonyl (C=O) groups is 2. The van der Waals surface area contributed by atoms with Gasteiger partial charge in [-0.1, -0.05) is 27.2 Å². The highest BCUT2D eigenvalue weighted by atomic mass is 16.4. The van der Waals surface area contributed by atoms with E-state index in [0.29, 0.717) is 18.9 Å². The minimum atomic E-state index is -0.869. The van der Waals surface area contributed by atoms with E-state index in [0.717, 1.165) is 6.42 Å². The summed E-state index contributed by atoms with van der Waals surface area (Å²) in [5.74, 6) is -0.593. The molecule has 5 nitrogen and oxygen atoms in total. The van der Waals surface area contributed by atoms with Crippen molar-refractivity contribution in [2.24, 2.45) is 5.92 Å². The zero-order valence-electron chi connectivity index (χ0n) is 11.2. The second kappa shape index (κ2) is 8.06. The molecule has 1 unspecified atom stereocenters. The van der Waals surface area contributed by atoms with Crippen molar-refractivity contribution < 1.29 is 14.7 Å². The van der Waals surface area contributed by atoms with Crippen LogP contribution < -0.4 is 5.32 Å². The van der Waals surface area contributed by atoms with Crippen LogP contribution in [-0.2, 0) is 9.59 Å². The van der Waals surface area contributed by atoms with E-state index in [9.17, 15) is 9.59 Å². The zero-order valence-corrected chi connectivity index (χ0v) is 11.2. The van der Waals surface area contributed by atoms with Gasteiger partial charge in [-0.25, -0.2) is 0 Å². The lowest BCUT2D eigenvalue weighted by Crippen LogP contribution is -2.44. The number of nitrogens with zero attached hydrogens (tertiary/aromatic N) is 1. The van der Waals surface area contributed by atoms with Crippen LogP contribution in [0.25, 0.3) is 0 Å². The van der Waals surface area contributed by atoms with Gasteiger partial charge in [0.25, 0.3) is 0 Å². The first-order valence-corrected chi connectivity index (χ1v) is 6.08. The summed E-state index contributed by atoms with van der Waals surface area (Å²) in [5, 5.41) is 11.8. The smallest absolute Gasteiger partial charge is 0.320 e. The number of carboxylic acids is 1. The largest absolute Gasteiger partial charge is 0.480 e. The van der Waals surface area contributed by atoms with Crippen molar-refractivity contribution in [2.75, 3.05) is 20.1 Å². The lowest BCUT2D eigenvalue weighted by Gasteiger charge is -2.23. The molecule has 0 aliphatic heterocycles. The average Bonchev–Trinajstić information content (AvgIpc) is 2.22. The quantitative estimate of drug-likeness (QED) is 0.667. The Kier molecular flexibility index (Phi) is 7.54. The van der Waals surface area contributed by atoms with Crippen LogP contribution >= 0.6 is 0 Å². The molecule has 0 fully saturated rings. The Morgan fingerprint density at radius 2 is 1.94 bits per heavy atom. The van der Waals surface area contributed by atoms with Crippen LogP contribution in [0.5, 0.6) is 0 Å². The molecule has 100 valence electrons. The summed E-state index contributed by atoms with van der Waals surface area (Å²) in [6, 6.07) is -0.579. The van der Waals surface area contributed by atoms with Crippen LogP contribution in [0.2, 0.25) is 0 Å². The fraction of sp³-hybridized carbons (Fsp3) is 0.833. The van der Waals surface area contributed by atoms with Gasteiger partial charge in [0.1, 0.15) is 6.04 Å². The van der Waals surface area contributed by atoms with Gasteiger partial charge in [0.15, 0.2) is 0 Å². The third-order valence-corrected chi connectivity index (χ3v) is 2.48. The summed E-state index contributed by atoms with van der Waals surface area (Å²) in [6.07, 6.45) is 1.35. The standard InChI is InChI=1S/C12H24N2O3/c1-5-6-10(12(16)17)14(4)8-11(15)13-7-9(2)3/h9-10H,5-8H2,1-4H3,(H,13,15)(H,16,17). The minimum absolute atomic E-state index is 0.122. The van der Waals surface area contributed by atoms with Gasteiger partial charge in [-0.3, -0.25) is 14.5 Å². The first-order chi connectivity index (χ1) is 7.88. The van der Waals surface area contributed by atoms with Crippen molar-refractivity contribution >= 4 is 11.9 Å². The molecule has 0 saturated heterocycles. The molecule has 0 aromatic rings. The number of carboxylic acid groups (broad SMARTS) is 1. The van der Waals surface area contributed by atoms with Crippen molar-refractivity contribution in [2.45, 2.75) is 39.7 Å².